The number of nitrogens with zero attached hydrogens (tertiary/aromatic N) is 2. The van der Waals surface area contributed by atoms with E-state index in [1.165, 1.54) is 0 Å². The normalized spacial score (nSPS) is 10.9. The van der Waals surface area contributed by atoms with Crippen molar-refractivity contribution in [1.29, 1.82) is 0 Å². The highest BCUT2D eigenvalue weighted by Crippen LogP contribution is 2.28. The summed E-state index contributed by atoms with van der Waals surface area (Å²) >= 11 is 11.8. The maximum absolute atomic E-state index is 5.95. The van der Waals surface area contributed by atoms with Crippen molar-refractivity contribution in [2.45, 2.75) is 0 Å². The van der Waals surface area contributed by atoms with Crippen LogP contribution in [0.25, 0.3) is 0 Å². The first kappa shape index (κ1) is 11.9. The van der Waals surface area contributed by atoms with Gasteiger partial charge in [0.1, 0.15) is 5.69 Å². The topological polar surface area (TPSA) is 50.7 Å². The minimum atomic E-state index is 0.459. The Hall–Kier alpha value is -1.58. The van der Waals surface area contributed by atoms with E-state index < -0.39 is 0 Å². The lowest BCUT2D eigenvalue weighted by Gasteiger charge is -1.98. The average Bonchev–Trinajstić information content (AvgIpc) is 2.32. The van der Waals surface area contributed by atoms with Gasteiger partial charge in [-0.05, 0) is 30.3 Å². The molecular weight excluding hydrogens is 257 g/mol. The highest BCUT2D eigenvalue weighted by atomic mass is 35.5. The fraction of sp³-hybridized carbons (Fsp3) is 0. The minimum absolute atomic E-state index is 0.459. The zero-order valence-corrected chi connectivity index (χ0v) is 10.3. The number of azo groups is 1. The average molecular weight is 266 g/mol. The molecule has 0 aliphatic heterocycles. The van der Waals surface area contributed by atoms with Gasteiger partial charge in [-0.15, -0.1) is 5.11 Å². The Kier molecular flexibility index (Phi) is 3.61. The number of nitrogen functional groups attached to an aromatic ring is 1. The van der Waals surface area contributed by atoms with Crippen LogP contribution >= 0.6 is 23.2 Å². The largest absolute Gasteiger partial charge is 0.398 e. The predicted molar refractivity (Wildman–Crippen MR) is 71.5 cm³/mol. The first-order chi connectivity index (χ1) is 8.16. The molecule has 0 saturated carbocycles. The van der Waals surface area contributed by atoms with Crippen LogP contribution in [0.3, 0.4) is 0 Å². The van der Waals surface area contributed by atoms with Gasteiger partial charge < -0.3 is 5.73 Å². The van der Waals surface area contributed by atoms with Gasteiger partial charge in [-0.2, -0.15) is 5.11 Å². The Labute approximate surface area is 109 Å². The van der Waals surface area contributed by atoms with E-state index in [-0.39, 0.29) is 0 Å². The Morgan fingerprint density at radius 2 is 1.65 bits per heavy atom. The van der Waals surface area contributed by atoms with Crippen LogP contribution in [-0.2, 0) is 0 Å². The third-order valence-electron chi connectivity index (χ3n) is 2.11. The molecule has 0 aromatic heterocycles. The van der Waals surface area contributed by atoms with Crippen LogP contribution in [-0.4, -0.2) is 0 Å². The number of benzene rings is 2. The van der Waals surface area contributed by atoms with Gasteiger partial charge in [-0.25, -0.2) is 0 Å². The zero-order valence-electron chi connectivity index (χ0n) is 8.77. The first-order valence-electron chi connectivity index (χ1n) is 4.88. The van der Waals surface area contributed by atoms with Crippen molar-refractivity contribution in [1.82, 2.24) is 0 Å². The molecule has 5 heteroatoms. The zero-order chi connectivity index (χ0) is 12.3. The molecule has 0 aliphatic rings. The molecule has 86 valence electrons. The van der Waals surface area contributed by atoms with Crippen LogP contribution in [0, 0.1) is 0 Å². The Bertz CT molecular complexity index is 567. The molecule has 0 amide bonds. The van der Waals surface area contributed by atoms with E-state index in [4.69, 9.17) is 28.9 Å². The van der Waals surface area contributed by atoms with Gasteiger partial charge in [0.15, 0.2) is 0 Å². The first-order valence-corrected chi connectivity index (χ1v) is 5.64. The van der Waals surface area contributed by atoms with Crippen molar-refractivity contribution in [3.05, 3.63) is 52.5 Å². The van der Waals surface area contributed by atoms with Gasteiger partial charge in [0.25, 0.3) is 0 Å². The van der Waals surface area contributed by atoms with E-state index in [2.05, 4.69) is 10.2 Å². The smallest absolute Gasteiger partial charge is 0.104 e. The van der Waals surface area contributed by atoms with E-state index in [0.29, 0.717) is 27.1 Å². The molecule has 0 radical (unpaired) electrons. The lowest BCUT2D eigenvalue weighted by Crippen LogP contribution is -1.83. The van der Waals surface area contributed by atoms with Crippen LogP contribution in [0.4, 0.5) is 17.1 Å². The molecule has 2 N–H and O–H groups in total. The van der Waals surface area contributed by atoms with Crippen molar-refractivity contribution in [2.75, 3.05) is 5.73 Å². The van der Waals surface area contributed by atoms with E-state index in [1.807, 2.05) is 12.1 Å². The summed E-state index contributed by atoms with van der Waals surface area (Å²) in [4.78, 5) is 0. The summed E-state index contributed by atoms with van der Waals surface area (Å²) < 4.78 is 0. The fourth-order valence-electron chi connectivity index (χ4n) is 1.22. The van der Waals surface area contributed by atoms with E-state index in [9.17, 15) is 0 Å². The van der Waals surface area contributed by atoms with Crippen LogP contribution in [0.5, 0.6) is 0 Å². The Balaban J connectivity index is 2.26. The second-order valence-electron chi connectivity index (χ2n) is 3.36. The summed E-state index contributed by atoms with van der Waals surface area (Å²) in [6.07, 6.45) is 0. The second kappa shape index (κ2) is 5.17. The molecule has 3 nitrogen and oxygen atoms in total. The lowest BCUT2D eigenvalue weighted by molar-refractivity contribution is 1.23. The number of halogens is 2. The highest BCUT2D eigenvalue weighted by molar-refractivity contribution is 6.33. The van der Waals surface area contributed by atoms with E-state index in [0.717, 1.165) is 0 Å². The number of rotatable bonds is 2. The molecule has 0 unspecified atom stereocenters. The third kappa shape index (κ3) is 2.96. The summed E-state index contributed by atoms with van der Waals surface area (Å²) in [6, 6.07) is 12.3. The molecule has 2 rings (SSSR count). The molecule has 0 aliphatic carbocycles. The lowest BCUT2D eigenvalue weighted by atomic mass is 10.3. The number of hydrogen-bond donors (Lipinski definition) is 1. The van der Waals surface area contributed by atoms with E-state index >= 15 is 0 Å². The maximum Gasteiger partial charge on any atom is 0.104 e. The summed E-state index contributed by atoms with van der Waals surface area (Å²) in [5.41, 5.74) is 7.35. The maximum atomic E-state index is 5.95. The molecule has 0 heterocycles. The molecule has 0 atom stereocenters. The summed E-state index contributed by atoms with van der Waals surface area (Å²) in [6.45, 7) is 0. The van der Waals surface area contributed by atoms with Crippen molar-refractivity contribution in [2.24, 2.45) is 10.2 Å². The predicted octanol–water partition coefficient (Wildman–Crippen LogP) is 4.99. The van der Waals surface area contributed by atoms with Crippen LogP contribution in [0.15, 0.2) is 52.7 Å². The Morgan fingerprint density at radius 3 is 2.35 bits per heavy atom. The van der Waals surface area contributed by atoms with Crippen molar-refractivity contribution in [3.63, 3.8) is 0 Å². The molecular formula is C12H9Cl2N3. The van der Waals surface area contributed by atoms with Gasteiger partial charge >= 0.3 is 0 Å². The van der Waals surface area contributed by atoms with Crippen molar-refractivity contribution in [3.8, 4) is 0 Å². The minimum Gasteiger partial charge on any atom is -0.398 e. The molecule has 0 bridgehead atoms. The number of hydrogen-bond acceptors (Lipinski definition) is 3. The molecule has 2 aromatic rings. The third-order valence-corrected chi connectivity index (χ3v) is 2.76. The quantitative estimate of drug-likeness (QED) is 0.604. The monoisotopic (exact) mass is 265 g/mol. The molecule has 17 heavy (non-hydrogen) atoms. The second-order valence-corrected chi connectivity index (χ2v) is 4.17. The molecule has 2 aromatic carbocycles. The number of nitrogens with two attached hydrogens (primary N) is 1. The van der Waals surface area contributed by atoms with E-state index in [1.54, 1.807) is 30.3 Å². The van der Waals surface area contributed by atoms with Crippen molar-refractivity contribution >= 4 is 40.3 Å². The summed E-state index contributed by atoms with van der Waals surface area (Å²) in [7, 11) is 0. The standard InChI is InChI=1S/C12H9Cl2N3/c13-9-3-1-2-4-12(9)17-16-8-5-6-11(15)10(14)7-8/h1-7H,15H2. The molecule has 0 saturated heterocycles. The van der Waals surface area contributed by atoms with Gasteiger partial charge in [-0.1, -0.05) is 35.3 Å². The van der Waals surface area contributed by atoms with Gasteiger partial charge in [-0.3, -0.25) is 0 Å². The highest BCUT2D eigenvalue weighted by Gasteiger charge is 1.98. The van der Waals surface area contributed by atoms with Crippen LogP contribution in [0.2, 0.25) is 10.0 Å². The van der Waals surface area contributed by atoms with Gasteiger partial charge in [0.2, 0.25) is 0 Å². The number of anilines is 1. The SMILES string of the molecule is Nc1ccc(N=Nc2ccccc2Cl)cc1Cl. The molecule has 0 fully saturated rings. The Morgan fingerprint density at radius 1 is 0.882 bits per heavy atom. The van der Waals surface area contributed by atoms with Crippen molar-refractivity contribution < 1.29 is 0 Å². The summed E-state index contributed by atoms with van der Waals surface area (Å²) in [5, 5.41) is 9.09. The van der Waals surface area contributed by atoms with Crippen LogP contribution in [0.1, 0.15) is 0 Å². The fourth-order valence-corrected chi connectivity index (χ4v) is 1.57. The molecule has 0 spiro atoms. The van der Waals surface area contributed by atoms with Gasteiger partial charge in [0.05, 0.1) is 21.4 Å². The summed E-state index contributed by atoms with van der Waals surface area (Å²) in [5.74, 6) is 0. The van der Waals surface area contributed by atoms with Crippen LogP contribution < -0.4 is 5.73 Å². The van der Waals surface area contributed by atoms with Gasteiger partial charge in [0, 0.05) is 0 Å².